The van der Waals surface area contributed by atoms with Crippen LogP contribution in [0, 0.1) is 13.8 Å². The van der Waals surface area contributed by atoms with Crippen LogP contribution in [-0.2, 0) is 11.3 Å². The summed E-state index contributed by atoms with van der Waals surface area (Å²) in [6.45, 7) is 4.23. The number of furan rings is 1. The molecule has 0 atom stereocenters. The lowest BCUT2D eigenvalue weighted by Crippen LogP contribution is -2.20. The van der Waals surface area contributed by atoms with Gasteiger partial charge in [0.2, 0.25) is 5.91 Å². The number of nitrogens with zero attached hydrogens (tertiary/aromatic N) is 1. The number of aromatic nitrogens is 2. The predicted molar refractivity (Wildman–Crippen MR) is 67.7 cm³/mol. The van der Waals surface area contributed by atoms with Gasteiger partial charge in [-0.2, -0.15) is 5.10 Å². The van der Waals surface area contributed by atoms with Crippen molar-refractivity contribution in [2.24, 2.45) is 0 Å². The van der Waals surface area contributed by atoms with Crippen molar-refractivity contribution in [3.63, 3.8) is 0 Å². The minimum absolute atomic E-state index is 0.162. The standard InChI is InChI=1S/C13H15N3O2/c1-9-3-4-12(18-9)5-6-13(17)14-7-11-8-15-16-10(11)2/h3-6,8H,7H2,1-2H3,(H,14,17)(H,15,16)/b6-5+. The van der Waals surface area contributed by atoms with Gasteiger partial charge in [0.15, 0.2) is 0 Å². The zero-order valence-electron chi connectivity index (χ0n) is 10.4. The Morgan fingerprint density at radius 3 is 2.94 bits per heavy atom. The van der Waals surface area contributed by atoms with Crippen molar-refractivity contribution < 1.29 is 9.21 Å². The van der Waals surface area contributed by atoms with Crippen molar-refractivity contribution >= 4 is 12.0 Å². The van der Waals surface area contributed by atoms with E-state index in [0.29, 0.717) is 12.3 Å². The van der Waals surface area contributed by atoms with E-state index in [0.717, 1.165) is 17.0 Å². The summed E-state index contributed by atoms with van der Waals surface area (Å²) < 4.78 is 5.32. The molecule has 94 valence electrons. The normalized spacial score (nSPS) is 11.0. The van der Waals surface area contributed by atoms with Gasteiger partial charge in [0.25, 0.3) is 0 Å². The molecule has 5 nitrogen and oxygen atoms in total. The molecule has 0 aromatic carbocycles. The van der Waals surface area contributed by atoms with Crippen LogP contribution in [0.2, 0.25) is 0 Å². The van der Waals surface area contributed by atoms with Gasteiger partial charge in [0.05, 0.1) is 6.20 Å². The third kappa shape index (κ3) is 3.10. The first-order valence-electron chi connectivity index (χ1n) is 5.66. The third-order valence-corrected chi connectivity index (χ3v) is 2.55. The summed E-state index contributed by atoms with van der Waals surface area (Å²) in [5.41, 5.74) is 1.94. The Morgan fingerprint density at radius 1 is 1.50 bits per heavy atom. The summed E-state index contributed by atoms with van der Waals surface area (Å²) in [6, 6.07) is 3.67. The van der Waals surface area contributed by atoms with Crippen LogP contribution in [0.15, 0.2) is 28.8 Å². The Morgan fingerprint density at radius 2 is 2.33 bits per heavy atom. The molecule has 2 rings (SSSR count). The summed E-state index contributed by atoms with van der Waals surface area (Å²) >= 11 is 0. The minimum Gasteiger partial charge on any atom is -0.462 e. The molecule has 2 aromatic rings. The summed E-state index contributed by atoms with van der Waals surface area (Å²) in [5, 5.41) is 9.48. The molecule has 0 unspecified atom stereocenters. The van der Waals surface area contributed by atoms with Gasteiger partial charge in [0.1, 0.15) is 11.5 Å². The highest BCUT2D eigenvalue weighted by molar-refractivity contribution is 5.91. The van der Waals surface area contributed by atoms with Crippen molar-refractivity contribution in [1.29, 1.82) is 0 Å². The third-order valence-electron chi connectivity index (χ3n) is 2.55. The average Bonchev–Trinajstić information content (AvgIpc) is 2.93. The van der Waals surface area contributed by atoms with Crippen LogP contribution < -0.4 is 5.32 Å². The first-order chi connectivity index (χ1) is 8.65. The molecule has 18 heavy (non-hydrogen) atoms. The number of rotatable bonds is 4. The fourth-order valence-corrected chi connectivity index (χ4v) is 1.50. The van der Waals surface area contributed by atoms with Crippen LogP contribution in [0.4, 0.5) is 0 Å². The van der Waals surface area contributed by atoms with Crippen LogP contribution in [0.3, 0.4) is 0 Å². The van der Waals surface area contributed by atoms with Crippen LogP contribution in [0.1, 0.15) is 22.8 Å². The molecule has 5 heteroatoms. The zero-order valence-corrected chi connectivity index (χ0v) is 10.4. The molecule has 0 spiro atoms. The molecule has 0 saturated carbocycles. The Kier molecular flexibility index (Phi) is 3.62. The average molecular weight is 245 g/mol. The van der Waals surface area contributed by atoms with E-state index in [2.05, 4.69) is 15.5 Å². The minimum atomic E-state index is -0.162. The van der Waals surface area contributed by atoms with Crippen molar-refractivity contribution in [3.8, 4) is 0 Å². The second kappa shape index (κ2) is 5.35. The number of carbonyl (C=O) groups excluding carboxylic acids is 1. The van der Waals surface area contributed by atoms with Crippen molar-refractivity contribution in [2.75, 3.05) is 0 Å². The summed E-state index contributed by atoms with van der Waals surface area (Å²) in [6.07, 6.45) is 4.80. The number of carbonyl (C=O) groups is 1. The SMILES string of the molecule is Cc1ccc(/C=C/C(=O)NCc2cn[nH]c2C)o1. The fourth-order valence-electron chi connectivity index (χ4n) is 1.50. The monoisotopic (exact) mass is 245 g/mol. The molecular formula is C13H15N3O2. The van der Waals surface area contributed by atoms with Gasteiger partial charge in [-0.25, -0.2) is 0 Å². The highest BCUT2D eigenvalue weighted by Crippen LogP contribution is 2.07. The molecule has 0 aliphatic rings. The van der Waals surface area contributed by atoms with Gasteiger partial charge in [-0.3, -0.25) is 9.89 Å². The second-order valence-corrected chi connectivity index (χ2v) is 4.02. The number of H-pyrrole nitrogens is 1. The van der Waals surface area contributed by atoms with Crippen LogP contribution in [-0.4, -0.2) is 16.1 Å². The zero-order chi connectivity index (χ0) is 13.0. The highest BCUT2D eigenvalue weighted by Gasteiger charge is 2.02. The molecule has 2 N–H and O–H groups in total. The predicted octanol–water partition coefficient (Wildman–Crippen LogP) is 1.95. The van der Waals surface area contributed by atoms with Crippen LogP contribution in [0.25, 0.3) is 6.08 Å². The molecule has 0 aliphatic heterocycles. The topological polar surface area (TPSA) is 70.9 Å². The van der Waals surface area contributed by atoms with E-state index in [1.165, 1.54) is 6.08 Å². The largest absolute Gasteiger partial charge is 0.462 e. The van der Waals surface area contributed by atoms with E-state index in [4.69, 9.17) is 4.42 Å². The van der Waals surface area contributed by atoms with Crippen molar-refractivity contribution in [1.82, 2.24) is 15.5 Å². The van der Waals surface area contributed by atoms with Gasteiger partial charge in [0, 0.05) is 23.9 Å². The van der Waals surface area contributed by atoms with Gasteiger partial charge < -0.3 is 9.73 Å². The maximum absolute atomic E-state index is 11.6. The molecule has 0 radical (unpaired) electrons. The first kappa shape index (κ1) is 12.2. The van der Waals surface area contributed by atoms with E-state index in [1.54, 1.807) is 12.3 Å². The van der Waals surface area contributed by atoms with Crippen molar-refractivity contribution in [2.45, 2.75) is 20.4 Å². The molecule has 0 aliphatic carbocycles. The quantitative estimate of drug-likeness (QED) is 0.809. The lowest BCUT2D eigenvalue weighted by molar-refractivity contribution is -0.116. The maximum Gasteiger partial charge on any atom is 0.244 e. The Hall–Kier alpha value is -2.30. The molecular weight excluding hydrogens is 230 g/mol. The molecule has 0 saturated heterocycles. The lowest BCUT2D eigenvalue weighted by atomic mass is 10.2. The number of hydrogen-bond donors (Lipinski definition) is 2. The highest BCUT2D eigenvalue weighted by atomic mass is 16.3. The van der Waals surface area contributed by atoms with E-state index in [-0.39, 0.29) is 5.91 Å². The molecule has 2 heterocycles. The molecule has 0 bridgehead atoms. The van der Waals surface area contributed by atoms with E-state index < -0.39 is 0 Å². The number of amides is 1. The van der Waals surface area contributed by atoms with Crippen LogP contribution in [0.5, 0.6) is 0 Å². The van der Waals surface area contributed by atoms with E-state index in [9.17, 15) is 4.79 Å². The fraction of sp³-hybridized carbons (Fsp3) is 0.231. The summed E-state index contributed by atoms with van der Waals surface area (Å²) in [7, 11) is 0. The molecule has 1 amide bonds. The van der Waals surface area contributed by atoms with Crippen LogP contribution >= 0.6 is 0 Å². The summed E-state index contributed by atoms with van der Waals surface area (Å²) in [5.74, 6) is 1.33. The van der Waals surface area contributed by atoms with E-state index in [1.807, 2.05) is 26.0 Å². The smallest absolute Gasteiger partial charge is 0.244 e. The number of hydrogen-bond acceptors (Lipinski definition) is 3. The second-order valence-electron chi connectivity index (χ2n) is 4.02. The molecule has 0 fully saturated rings. The Bertz CT molecular complexity index is 566. The Labute approximate surface area is 105 Å². The summed E-state index contributed by atoms with van der Waals surface area (Å²) in [4.78, 5) is 11.6. The number of nitrogens with one attached hydrogen (secondary N) is 2. The van der Waals surface area contributed by atoms with Gasteiger partial charge in [-0.1, -0.05) is 0 Å². The lowest BCUT2D eigenvalue weighted by Gasteiger charge is -2.00. The van der Waals surface area contributed by atoms with Gasteiger partial charge in [-0.05, 0) is 32.1 Å². The van der Waals surface area contributed by atoms with Crippen molar-refractivity contribution in [3.05, 3.63) is 47.2 Å². The van der Waals surface area contributed by atoms with Gasteiger partial charge >= 0.3 is 0 Å². The Balaban J connectivity index is 1.86. The van der Waals surface area contributed by atoms with Gasteiger partial charge in [-0.15, -0.1) is 0 Å². The first-order valence-corrected chi connectivity index (χ1v) is 5.66. The molecule has 2 aromatic heterocycles. The number of aryl methyl sites for hydroxylation is 2. The van der Waals surface area contributed by atoms with E-state index >= 15 is 0 Å². The number of aromatic amines is 1. The maximum atomic E-state index is 11.6.